The maximum Gasteiger partial charge on any atom is 0.164 e. The van der Waals surface area contributed by atoms with Crippen molar-refractivity contribution in [3.8, 4) is 73.2 Å². The Morgan fingerprint density at radius 3 is 1.53 bits per heavy atom. The minimum Gasteiger partial charge on any atom is -0.309 e. The molecule has 4 nitrogen and oxygen atoms in total. The lowest BCUT2D eigenvalue weighted by Gasteiger charge is -2.21. The highest BCUT2D eigenvalue weighted by Crippen LogP contribution is 2.49. The average molecular weight is 743 g/mol. The summed E-state index contributed by atoms with van der Waals surface area (Å²) in [4.78, 5) is 15.8. The first-order valence-electron chi connectivity index (χ1n) is 19.9. The summed E-state index contributed by atoms with van der Waals surface area (Å²) in [5.41, 5.74) is 15.7. The molecule has 0 atom stereocenters. The third kappa shape index (κ3) is 5.48. The number of rotatable bonds is 6. The Kier molecular flexibility index (Phi) is 7.80. The molecule has 0 saturated heterocycles. The van der Waals surface area contributed by atoms with Crippen molar-refractivity contribution < 1.29 is 0 Å². The highest BCUT2D eigenvalue weighted by molar-refractivity contribution is 6.09. The first-order chi connectivity index (χ1) is 28.5. The highest BCUT2D eigenvalue weighted by atomic mass is 15.0. The van der Waals surface area contributed by atoms with E-state index in [-0.39, 0.29) is 5.41 Å². The molecular weight excluding hydrogens is 705 g/mol. The van der Waals surface area contributed by atoms with Gasteiger partial charge in [-0.2, -0.15) is 0 Å². The number of hydrogen-bond donors (Lipinski definition) is 0. The maximum atomic E-state index is 5.32. The van der Waals surface area contributed by atoms with Gasteiger partial charge >= 0.3 is 0 Å². The summed E-state index contributed by atoms with van der Waals surface area (Å²) in [6.07, 6.45) is 0. The lowest BCUT2D eigenvalue weighted by atomic mass is 9.82. The van der Waals surface area contributed by atoms with Gasteiger partial charge < -0.3 is 4.57 Å². The van der Waals surface area contributed by atoms with Crippen LogP contribution >= 0.6 is 0 Å². The second-order valence-electron chi connectivity index (χ2n) is 15.7. The molecule has 11 rings (SSSR count). The molecule has 0 amide bonds. The SMILES string of the molecule is CC1(C)c2ccccc2-c2cc(-c3nc(-c4cccc(-c5ccccc5)c4)nc(-c4ccc(-c5ccccc5)c(-n5c6ccccc6c6ccccc65)c4)n3)ccc21. The molecule has 274 valence electrons. The van der Waals surface area contributed by atoms with Gasteiger partial charge in [-0.25, -0.2) is 15.0 Å². The number of aromatic nitrogens is 4. The van der Waals surface area contributed by atoms with E-state index in [0.29, 0.717) is 17.5 Å². The Bertz CT molecular complexity index is 3140. The van der Waals surface area contributed by atoms with Crippen LogP contribution in [0.25, 0.3) is 95.0 Å². The first-order valence-corrected chi connectivity index (χ1v) is 19.9. The Labute approximate surface area is 337 Å². The molecule has 0 radical (unpaired) electrons. The zero-order valence-corrected chi connectivity index (χ0v) is 32.3. The van der Waals surface area contributed by atoms with Crippen LogP contribution in [0.5, 0.6) is 0 Å². The van der Waals surface area contributed by atoms with Gasteiger partial charge in [0, 0.05) is 38.4 Å². The molecule has 0 N–H and O–H groups in total. The second kappa shape index (κ2) is 13.4. The fourth-order valence-electron chi connectivity index (χ4n) is 8.99. The Balaban J connectivity index is 1.15. The molecule has 8 aromatic carbocycles. The Morgan fingerprint density at radius 1 is 0.345 bits per heavy atom. The topological polar surface area (TPSA) is 43.6 Å². The van der Waals surface area contributed by atoms with E-state index >= 15 is 0 Å². The molecule has 10 aromatic rings. The number of nitrogens with zero attached hydrogens (tertiary/aromatic N) is 4. The first kappa shape index (κ1) is 33.9. The van der Waals surface area contributed by atoms with Gasteiger partial charge in [0.05, 0.1) is 16.7 Å². The summed E-state index contributed by atoms with van der Waals surface area (Å²) in [5.74, 6) is 1.89. The molecule has 1 aliphatic rings. The predicted octanol–water partition coefficient (Wildman–Crippen LogP) is 13.6. The van der Waals surface area contributed by atoms with Gasteiger partial charge in [0.15, 0.2) is 17.5 Å². The van der Waals surface area contributed by atoms with E-state index in [9.17, 15) is 0 Å². The highest BCUT2D eigenvalue weighted by Gasteiger charge is 2.35. The van der Waals surface area contributed by atoms with Crippen LogP contribution in [0.2, 0.25) is 0 Å². The van der Waals surface area contributed by atoms with Crippen LogP contribution in [0.4, 0.5) is 0 Å². The lowest BCUT2D eigenvalue weighted by Crippen LogP contribution is -2.14. The van der Waals surface area contributed by atoms with Gasteiger partial charge in [-0.3, -0.25) is 0 Å². The quantitative estimate of drug-likeness (QED) is 0.170. The van der Waals surface area contributed by atoms with Crippen molar-refractivity contribution in [2.45, 2.75) is 19.3 Å². The Morgan fingerprint density at radius 2 is 0.845 bits per heavy atom. The molecule has 0 bridgehead atoms. The van der Waals surface area contributed by atoms with Crippen molar-refractivity contribution in [1.82, 2.24) is 19.5 Å². The number of fused-ring (bicyclic) bond motifs is 6. The molecule has 2 heterocycles. The van der Waals surface area contributed by atoms with Crippen molar-refractivity contribution >= 4 is 21.8 Å². The van der Waals surface area contributed by atoms with Gasteiger partial charge in [-0.05, 0) is 69.3 Å². The minimum absolute atomic E-state index is 0.0958. The molecule has 1 aliphatic carbocycles. The van der Waals surface area contributed by atoms with E-state index in [1.54, 1.807) is 0 Å². The van der Waals surface area contributed by atoms with E-state index in [1.807, 2.05) is 6.07 Å². The van der Waals surface area contributed by atoms with E-state index in [4.69, 9.17) is 15.0 Å². The van der Waals surface area contributed by atoms with Gasteiger partial charge in [-0.1, -0.05) is 178 Å². The van der Waals surface area contributed by atoms with Crippen LogP contribution in [0.3, 0.4) is 0 Å². The fourth-order valence-corrected chi connectivity index (χ4v) is 8.99. The smallest absolute Gasteiger partial charge is 0.164 e. The van der Waals surface area contributed by atoms with E-state index in [0.717, 1.165) is 55.7 Å². The predicted molar refractivity (Wildman–Crippen MR) is 239 cm³/mol. The van der Waals surface area contributed by atoms with Crippen LogP contribution in [0.1, 0.15) is 25.0 Å². The fraction of sp³-hybridized carbons (Fsp3) is 0.0556. The molecule has 58 heavy (non-hydrogen) atoms. The van der Waals surface area contributed by atoms with Crippen LogP contribution in [-0.2, 0) is 5.41 Å². The zero-order valence-electron chi connectivity index (χ0n) is 32.3. The number of para-hydroxylation sites is 2. The van der Waals surface area contributed by atoms with Crippen molar-refractivity contribution in [2.24, 2.45) is 0 Å². The van der Waals surface area contributed by atoms with Crippen LogP contribution in [0.15, 0.2) is 194 Å². The minimum atomic E-state index is -0.0958. The molecule has 2 aromatic heterocycles. The van der Waals surface area contributed by atoms with Gasteiger partial charge in [0.2, 0.25) is 0 Å². The van der Waals surface area contributed by atoms with Crippen LogP contribution in [0, 0.1) is 0 Å². The summed E-state index contributed by atoms with van der Waals surface area (Å²) in [7, 11) is 0. The van der Waals surface area contributed by atoms with Crippen molar-refractivity contribution in [2.75, 3.05) is 0 Å². The molecule has 4 heteroatoms. The summed E-state index contributed by atoms with van der Waals surface area (Å²) >= 11 is 0. The average Bonchev–Trinajstić information content (AvgIpc) is 3.74. The molecule has 0 aliphatic heterocycles. The van der Waals surface area contributed by atoms with E-state index in [1.165, 1.54) is 33.0 Å². The van der Waals surface area contributed by atoms with E-state index in [2.05, 4.69) is 206 Å². The molecule has 0 fully saturated rings. The molecule has 0 saturated carbocycles. The molecule has 0 spiro atoms. The third-order valence-electron chi connectivity index (χ3n) is 11.9. The van der Waals surface area contributed by atoms with E-state index < -0.39 is 0 Å². The lowest BCUT2D eigenvalue weighted by molar-refractivity contribution is 0.660. The standard InChI is InChI=1S/C54H38N4/c1-54(2)46-25-12-9-22-42(46)45-33-39(29-31-47(45)54)52-55-51(38-21-15-20-37(32-38)35-16-5-3-6-17-35)56-53(57-52)40-28-30-41(36-18-7-4-8-19-36)50(34-40)58-48-26-13-10-23-43(48)44-24-11-14-27-49(44)58/h3-34H,1-2H3. The van der Waals surface area contributed by atoms with Crippen LogP contribution < -0.4 is 0 Å². The number of hydrogen-bond acceptors (Lipinski definition) is 3. The summed E-state index contributed by atoms with van der Waals surface area (Å²) in [5, 5.41) is 2.43. The van der Waals surface area contributed by atoms with Crippen molar-refractivity contribution in [1.29, 1.82) is 0 Å². The largest absolute Gasteiger partial charge is 0.309 e. The van der Waals surface area contributed by atoms with Crippen LogP contribution in [-0.4, -0.2) is 19.5 Å². The summed E-state index contributed by atoms with van der Waals surface area (Å²) in [6.45, 7) is 4.62. The maximum absolute atomic E-state index is 5.32. The molecule has 0 unspecified atom stereocenters. The summed E-state index contributed by atoms with van der Waals surface area (Å²) < 4.78 is 2.39. The molecular formula is C54H38N4. The zero-order chi connectivity index (χ0) is 38.8. The summed E-state index contributed by atoms with van der Waals surface area (Å²) in [6, 6.07) is 69.0. The van der Waals surface area contributed by atoms with Crippen molar-refractivity contribution in [3.05, 3.63) is 205 Å². The van der Waals surface area contributed by atoms with Gasteiger partial charge in [-0.15, -0.1) is 0 Å². The van der Waals surface area contributed by atoms with Gasteiger partial charge in [0.25, 0.3) is 0 Å². The Hall–Kier alpha value is -7.43. The monoisotopic (exact) mass is 742 g/mol. The van der Waals surface area contributed by atoms with Crippen molar-refractivity contribution in [3.63, 3.8) is 0 Å². The number of benzene rings is 8. The second-order valence-corrected chi connectivity index (χ2v) is 15.7. The normalized spacial score (nSPS) is 12.8. The third-order valence-corrected chi connectivity index (χ3v) is 11.9. The van der Waals surface area contributed by atoms with Gasteiger partial charge in [0.1, 0.15) is 0 Å².